The number of aromatic amines is 1. The third-order valence-electron chi connectivity index (χ3n) is 5.89. The molecule has 1 heterocycles. The number of rotatable bonds is 9. The zero-order valence-electron chi connectivity index (χ0n) is 19.4. The van der Waals surface area contributed by atoms with Crippen molar-refractivity contribution in [2.75, 3.05) is 13.7 Å². The zero-order valence-corrected chi connectivity index (χ0v) is 19.4. The number of esters is 1. The van der Waals surface area contributed by atoms with Gasteiger partial charge in [-0.05, 0) is 22.8 Å². The summed E-state index contributed by atoms with van der Waals surface area (Å²) in [5.41, 5.74) is 3.46. The van der Waals surface area contributed by atoms with E-state index in [2.05, 4.69) is 20.4 Å². The number of amides is 2. The van der Waals surface area contributed by atoms with Crippen LogP contribution in [-0.4, -0.2) is 42.5 Å². The van der Waals surface area contributed by atoms with E-state index in [1.54, 1.807) is 0 Å². The average Bonchev–Trinajstić information content (AvgIpc) is 3.31. The third-order valence-corrected chi connectivity index (χ3v) is 5.89. The largest absolute Gasteiger partial charge is 0.468 e. The van der Waals surface area contributed by atoms with Crippen LogP contribution in [0.2, 0.25) is 0 Å². The first kappa shape index (κ1) is 23.8. The molecule has 0 spiro atoms. The molecule has 0 aliphatic rings. The lowest BCUT2D eigenvalue weighted by molar-refractivity contribution is -0.141. The second kappa shape index (κ2) is 11.2. The Balaban J connectivity index is 1.63. The van der Waals surface area contributed by atoms with Crippen LogP contribution in [0, 0.1) is 0 Å². The van der Waals surface area contributed by atoms with Crippen molar-refractivity contribution in [2.45, 2.75) is 18.4 Å². The Kier molecular flexibility index (Phi) is 7.57. The molecule has 0 aliphatic carbocycles. The molecule has 35 heavy (non-hydrogen) atoms. The summed E-state index contributed by atoms with van der Waals surface area (Å²) in [5.74, 6) is -1.94. The quantitative estimate of drug-likeness (QED) is 0.328. The topological polar surface area (TPSA) is 100 Å². The van der Waals surface area contributed by atoms with Gasteiger partial charge in [0.15, 0.2) is 0 Å². The minimum Gasteiger partial charge on any atom is -0.468 e. The predicted octanol–water partition coefficient (Wildman–Crippen LogP) is 3.32. The zero-order chi connectivity index (χ0) is 24.6. The summed E-state index contributed by atoms with van der Waals surface area (Å²) in [6.45, 7) is -0.281. The summed E-state index contributed by atoms with van der Waals surface area (Å²) >= 11 is 0. The molecular weight excluding hydrogens is 442 g/mol. The number of benzene rings is 3. The molecule has 7 nitrogen and oxygen atoms in total. The first-order valence-corrected chi connectivity index (χ1v) is 11.4. The molecule has 3 aromatic carbocycles. The first-order chi connectivity index (χ1) is 17.1. The number of aromatic nitrogens is 1. The van der Waals surface area contributed by atoms with E-state index in [4.69, 9.17) is 0 Å². The second-order valence-corrected chi connectivity index (χ2v) is 8.17. The Morgan fingerprint density at radius 1 is 0.829 bits per heavy atom. The van der Waals surface area contributed by atoms with Crippen LogP contribution in [0.25, 0.3) is 10.9 Å². The molecule has 2 amide bonds. The fraction of sp³-hybridized carbons (Fsp3) is 0.179. The van der Waals surface area contributed by atoms with E-state index in [9.17, 15) is 14.4 Å². The summed E-state index contributed by atoms with van der Waals surface area (Å²) < 4.78 is 4.63. The second-order valence-electron chi connectivity index (χ2n) is 8.17. The van der Waals surface area contributed by atoms with Gasteiger partial charge in [0.25, 0.3) is 0 Å². The van der Waals surface area contributed by atoms with E-state index in [-0.39, 0.29) is 18.9 Å². The van der Waals surface area contributed by atoms with Crippen LogP contribution < -0.4 is 10.6 Å². The van der Waals surface area contributed by atoms with E-state index in [1.165, 1.54) is 7.11 Å². The molecule has 3 N–H and O–H groups in total. The summed E-state index contributed by atoms with van der Waals surface area (Å²) in [5, 5.41) is 6.49. The van der Waals surface area contributed by atoms with Gasteiger partial charge in [-0.15, -0.1) is 0 Å². The molecule has 0 radical (unpaired) electrons. The van der Waals surface area contributed by atoms with Crippen molar-refractivity contribution in [1.29, 1.82) is 0 Å². The van der Waals surface area contributed by atoms with Crippen molar-refractivity contribution >= 4 is 28.7 Å². The lowest BCUT2D eigenvalue weighted by Crippen LogP contribution is -2.50. The van der Waals surface area contributed by atoms with Crippen molar-refractivity contribution in [3.8, 4) is 0 Å². The molecule has 4 aromatic rings. The van der Waals surface area contributed by atoms with Gasteiger partial charge in [0, 0.05) is 23.5 Å². The lowest BCUT2D eigenvalue weighted by Gasteiger charge is -2.23. The summed E-state index contributed by atoms with van der Waals surface area (Å²) in [7, 11) is 1.25. The fourth-order valence-corrected chi connectivity index (χ4v) is 4.13. The van der Waals surface area contributed by atoms with Crippen molar-refractivity contribution in [3.05, 3.63) is 108 Å². The van der Waals surface area contributed by atoms with Gasteiger partial charge in [-0.2, -0.15) is 0 Å². The van der Waals surface area contributed by atoms with Crippen LogP contribution in [0.1, 0.15) is 22.6 Å². The molecule has 178 valence electrons. The van der Waals surface area contributed by atoms with Crippen molar-refractivity contribution < 1.29 is 19.1 Å². The number of fused-ring (bicyclic) bond motifs is 1. The maximum atomic E-state index is 13.7. The average molecular weight is 470 g/mol. The van der Waals surface area contributed by atoms with Crippen LogP contribution in [0.15, 0.2) is 91.1 Å². The molecule has 0 bridgehead atoms. The number of carbonyl (C=O) groups is 3. The van der Waals surface area contributed by atoms with Crippen molar-refractivity contribution in [3.63, 3.8) is 0 Å². The molecule has 0 fully saturated rings. The van der Waals surface area contributed by atoms with Crippen molar-refractivity contribution in [2.24, 2.45) is 0 Å². The first-order valence-electron chi connectivity index (χ1n) is 11.4. The predicted molar refractivity (Wildman–Crippen MR) is 134 cm³/mol. The van der Waals surface area contributed by atoms with E-state index in [0.717, 1.165) is 27.6 Å². The SMILES string of the molecule is COC(=O)CNC(=O)[C@H](Cc1c[nH]c2ccccc12)NC(=O)C(c1ccccc1)c1ccccc1. The van der Waals surface area contributed by atoms with Gasteiger partial charge in [-0.25, -0.2) is 0 Å². The van der Waals surface area contributed by atoms with Gasteiger partial charge in [0.1, 0.15) is 12.6 Å². The number of hydrogen-bond acceptors (Lipinski definition) is 4. The maximum Gasteiger partial charge on any atom is 0.325 e. The highest BCUT2D eigenvalue weighted by molar-refractivity contribution is 5.94. The Morgan fingerprint density at radius 2 is 1.43 bits per heavy atom. The molecule has 7 heteroatoms. The highest BCUT2D eigenvalue weighted by Gasteiger charge is 2.29. The number of methoxy groups -OCH3 is 1. The van der Waals surface area contributed by atoms with Crippen LogP contribution >= 0.6 is 0 Å². The smallest absolute Gasteiger partial charge is 0.325 e. The summed E-state index contributed by atoms with van der Waals surface area (Å²) in [6.07, 6.45) is 2.09. The molecule has 1 aromatic heterocycles. The number of ether oxygens (including phenoxy) is 1. The van der Waals surface area contributed by atoms with Gasteiger partial charge in [0.2, 0.25) is 11.8 Å². The number of nitrogens with one attached hydrogen (secondary N) is 3. The summed E-state index contributed by atoms with van der Waals surface area (Å²) in [4.78, 5) is 41.6. The monoisotopic (exact) mass is 469 g/mol. The standard InChI is InChI=1S/C28H27N3O4/c1-35-25(32)18-30-27(33)24(16-21-17-29-23-15-9-8-14-22(21)23)31-28(34)26(19-10-4-2-5-11-19)20-12-6-3-7-13-20/h2-15,17,24,26,29H,16,18H2,1H3,(H,30,33)(H,31,34)/t24-/m0/s1. The third kappa shape index (κ3) is 5.76. The number of H-pyrrole nitrogens is 1. The Hall–Kier alpha value is -4.39. The van der Waals surface area contributed by atoms with E-state index < -0.39 is 23.8 Å². The normalized spacial score (nSPS) is 11.7. The highest BCUT2D eigenvalue weighted by Crippen LogP contribution is 2.25. The number of para-hydroxylation sites is 1. The van der Waals surface area contributed by atoms with Gasteiger partial charge in [-0.1, -0.05) is 78.9 Å². The van der Waals surface area contributed by atoms with Crippen LogP contribution in [0.5, 0.6) is 0 Å². The fourth-order valence-electron chi connectivity index (χ4n) is 4.13. The molecule has 4 rings (SSSR count). The summed E-state index contributed by atoms with van der Waals surface area (Å²) in [6, 6.07) is 25.7. The molecule has 1 atom stereocenters. The van der Waals surface area contributed by atoms with Gasteiger partial charge in [0.05, 0.1) is 13.0 Å². The van der Waals surface area contributed by atoms with E-state index in [1.807, 2.05) is 91.1 Å². The van der Waals surface area contributed by atoms with Crippen LogP contribution in [0.4, 0.5) is 0 Å². The molecule has 0 saturated carbocycles. The van der Waals surface area contributed by atoms with Gasteiger partial charge < -0.3 is 20.4 Å². The van der Waals surface area contributed by atoms with E-state index >= 15 is 0 Å². The van der Waals surface area contributed by atoms with E-state index in [0.29, 0.717) is 0 Å². The van der Waals surface area contributed by atoms with Crippen LogP contribution in [0.3, 0.4) is 0 Å². The van der Waals surface area contributed by atoms with Gasteiger partial charge in [-0.3, -0.25) is 14.4 Å². The number of carbonyl (C=O) groups excluding carboxylic acids is 3. The molecule has 0 unspecified atom stereocenters. The Morgan fingerprint density at radius 3 is 2.06 bits per heavy atom. The van der Waals surface area contributed by atoms with Crippen LogP contribution in [-0.2, 0) is 25.5 Å². The molecule has 0 saturated heterocycles. The Bertz CT molecular complexity index is 1260. The minimum atomic E-state index is -0.902. The number of hydrogen-bond donors (Lipinski definition) is 3. The molecule has 0 aliphatic heterocycles. The maximum absolute atomic E-state index is 13.7. The minimum absolute atomic E-state index is 0.249. The lowest BCUT2D eigenvalue weighted by atomic mass is 9.90. The molecular formula is C28H27N3O4. The highest BCUT2D eigenvalue weighted by atomic mass is 16.5. The van der Waals surface area contributed by atoms with Gasteiger partial charge >= 0.3 is 5.97 Å². The van der Waals surface area contributed by atoms with Crippen molar-refractivity contribution in [1.82, 2.24) is 15.6 Å². The Labute approximate surface area is 203 Å².